The van der Waals surface area contributed by atoms with E-state index in [1.807, 2.05) is 0 Å². The molecule has 0 unspecified atom stereocenters. The number of rotatable bonds is 5. The summed E-state index contributed by atoms with van der Waals surface area (Å²) in [6.45, 7) is 4.12. The van der Waals surface area contributed by atoms with Gasteiger partial charge in [0.05, 0.1) is 6.10 Å². The summed E-state index contributed by atoms with van der Waals surface area (Å²) in [6.07, 6.45) is 1.32. The van der Waals surface area contributed by atoms with Crippen LogP contribution < -0.4 is 10.6 Å². The third-order valence-corrected chi connectivity index (χ3v) is 4.16. The molecule has 0 saturated carbocycles. The third kappa shape index (κ3) is 5.97. The number of nitrogens with one attached hydrogen (secondary N) is 2. The number of benzene rings is 1. The number of piperidine rings is 1. The summed E-state index contributed by atoms with van der Waals surface area (Å²) in [5.41, 5.74) is 0.882. The van der Waals surface area contributed by atoms with Crippen molar-refractivity contribution in [2.75, 3.05) is 19.6 Å². The van der Waals surface area contributed by atoms with Gasteiger partial charge in [0, 0.05) is 30.7 Å². The number of hydrogen-bond donors (Lipinski definition) is 3. The molecule has 0 radical (unpaired) electrons. The summed E-state index contributed by atoms with van der Waals surface area (Å²) >= 11 is 6.07. The number of carbonyl (C=O) groups excluding carboxylic acids is 1. The fraction of sp³-hybridized carbons (Fsp3) is 0.562. The standard InChI is InChI=1S/C16H23ClFN3O2/c1-11(22)8-19-16(23)20-14-3-2-6-21(10-14)9-12-4-5-13(18)7-15(12)17/h4-5,7,11,14,22H,2-3,6,8-10H2,1H3,(H2,19,20,23)/t11-,14+/m1/s1. The molecule has 7 heteroatoms. The number of aliphatic hydroxyl groups is 1. The van der Waals surface area contributed by atoms with Gasteiger partial charge in [-0.15, -0.1) is 0 Å². The number of likely N-dealkylation sites (tertiary alicyclic amines) is 1. The molecular formula is C16H23ClFN3O2. The molecule has 1 aromatic rings. The molecule has 2 rings (SSSR count). The van der Waals surface area contributed by atoms with Crippen molar-refractivity contribution in [3.8, 4) is 0 Å². The minimum Gasteiger partial charge on any atom is -0.392 e. The monoisotopic (exact) mass is 343 g/mol. The smallest absolute Gasteiger partial charge is 0.315 e. The molecule has 1 heterocycles. The third-order valence-electron chi connectivity index (χ3n) is 3.81. The van der Waals surface area contributed by atoms with E-state index >= 15 is 0 Å². The fourth-order valence-corrected chi connectivity index (χ4v) is 2.91. The predicted molar refractivity (Wildman–Crippen MR) is 87.9 cm³/mol. The van der Waals surface area contributed by atoms with Crippen molar-refractivity contribution in [3.63, 3.8) is 0 Å². The molecule has 1 fully saturated rings. The first-order valence-corrected chi connectivity index (χ1v) is 8.20. The van der Waals surface area contributed by atoms with Crippen LogP contribution in [-0.4, -0.2) is 47.8 Å². The highest BCUT2D eigenvalue weighted by molar-refractivity contribution is 6.31. The van der Waals surface area contributed by atoms with E-state index < -0.39 is 6.10 Å². The minimum atomic E-state index is -0.566. The number of hydrogen-bond acceptors (Lipinski definition) is 3. The quantitative estimate of drug-likeness (QED) is 0.767. The Morgan fingerprint density at radius 1 is 1.57 bits per heavy atom. The lowest BCUT2D eigenvalue weighted by atomic mass is 10.0. The largest absolute Gasteiger partial charge is 0.392 e. The number of amides is 2. The minimum absolute atomic E-state index is 0.0528. The molecule has 2 atom stereocenters. The summed E-state index contributed by atoms with van der Waals surface area (Å²) in [7, 11) is 0. The van der Waals surface area contributed by atoms with Crippen LogP contribution in [0.15, 0.2) is 18.2 Å². The fourth-order valence-electron chi connectivity index (χ4n) is 2.68. The van der Waals surface area contributed by atoms with Gasteiger partial charge in [-0.2, -0.15) is 0 Å². The maximum Gasteiger partial charge on any atom is 0.315 e. The van der Waals surface area contributed by atoms with E-state index in [0.29, 0.717) is 11.6 Å². The normalized spacial score (nSPS) is 20.1. The summed E-state index contributed by atoms with van der Waals surface area (Å²) in [4.78, 5) is 14.0. The average Bonchev–Trinajstić information content (AvgIpc) is 2.48. The lowest BCUT2D eigenvalue weighted by Gasteiger charge is -2.33. The van der Waals surface area contributed by atoms with Gasteiger partial charge in [-0.3, -0.25) is 4.90 Å². The summed E-state index contributed by atoms with van der Waals surface area (Å²) in [5, 5.41) is 15.1. The van der Waals surface area contributed by atoms with Gasteiger partial charge in [-0.25, -0.2) is 9.18 Å². The van der Waals surface area contributed by atoms with Crippen molar-refractivity contribution in [3.05, 3.63) is 34.6 Å². The second-order valence-corrected chi connectivity index (χ2v) is 6.42. The summed E-state index contributed by atoms with van der Waals surface area (Å²) in [6, 6.07) is 4.21. The molecule has 2 amide bonds. The van der Waals surface area contributed by atoms with Crippen molar-refractivity contribution >= 4 is 17.6 Å². The first kappa shape index (κ1) is 18.0. The molecule has 0 spiro atoms. The van der Waals surface area contributed by atoms with Crippen LogP contribution in [0.4, 0.5) is 9.18 Å². The van der Waals surface area contributed by atoms with Crippen LogP contribution in [0.25, 0.3) is 0 Å². The van der Waals surface area contributed by atoms with Crippen LogP contribution in [-0.2, 0) is 6.54 Å². The highest BCUT2D eigenvalue weighted by Crippen LogP contribution is 2.21. The molecule has 1 aliphatic rings. The average molecular weight is 344 g/mol. The Morgan fingerprint density at radius 3 is 3.04 bits per heavy atom. The van der Waals surface area contributed by atoms with E-state index in [9.17, 15) is 9.18 Å². The molecule has 0 aliphatic carbocycles. The van der Waals surface area contributed by atoms with Crippen molar-refractivity contribution in [1.29, 1.82) is 0 Å². The van der Waals surface area contributed by atoms with Crippen LogP contribution in [0.3, 0.4) is 0 Å². The highest BCUT2D eigenvalue weighted by Gasteiger charge is 2.22. The van der Waals surface area contributed by atoms with E-state index in [4.69, 9.17) is 16.7 Å². The number of halogens is 2. The Labute approximate surface area is 140 Å². The van der Waals surface area contributed by atoms with Gasteiger partial charge < -0.3 is 15.7 Å². The zero-order valence-corrected chi connectivity index (χ0v) is 13.9. The van der Waals surface area contributed by atoms with Gasteiger partial charge in [-0.05, 0) is 44.0 Å². The van der Waals surface area contributed by atoms with E-state index in [-0.39, 0.29) is 24.4 Å². The lowest BCUT2D eigenvalue weighted by molar-refractivity contribution is 0.172. The Morgan fingerprint density at radius 2 is 2.35 bits per heavy atom. The zero-order chi connectivity index (χ0) is 16.8. The Kier molecular flexibility index (Phi) is 6.62. The lowest BCUT2D eigenvalue weighted by Crippen LogP contribution is -2.51. The van der Waals surface area contributed by atoms with E-state index in [1.54, 1.807) is 13.0 Å². The topological polar surface area (TPSA) is 64.6 Å². The second kappa shape index (κ2) is 8.47. The van der Waals surface area contributed by atoms with Crippen molar-refractivity contribution < 1.29 is 14.3 Å². The Bertz CT molecular complexity index is 542. The van der Waals surface area contributed by atoms with Gasteiger partial charge in [0.1, 0.15) is 5.82 Å². The predicted octanol–water partition coefficient (Wildman–Crippen LogP) is 2.12. The number of aliphatic hydroxyl groups excluding tert-OH is 1. The molecule has 23 heavy (non-hydrogen) atoms. The van der Waals surface area contributed by atoms with E-state index in [0.717, 1.165) is 31.5 Å². The van der Waals surface area contributed by atoms with E-state index in [1.165, 1.54) is 12.1 Å². The Hall–Kier alpha value is -1.37. The van der Waals surface area contributed by atoms with Gasteiger partial charge in [-0.1, -0.05) is 17.7 Å². The van der Waals surface area contributed by atoms with Gasteiger partial charge >= 0.3 is 6.03 Å². The van der Waals surface area contributed by atoms with Crippen molar-refractivity contribution in [1.82, 2.24) is 15.5 Å². The van der Waals surface area contributed by atoms with Crippen LogP contribution in [0.2, 0.25) is 5.02 Å². The number of nitrogens with zero attached hydrogens (tertiary/aromatic N) is 1. The van der Waals surface area contributed by atoms with Gasteiger partial charge in [0.2, 0.25) is 0 Å². The Balaban J connectivity index is 1.84. The van der Waals surface area contributed by atoms with Gasteiger partial charge in [0.25, 0.3) is 0 Å². The number of urea groups is 1. The highest BCUT2D eigenvalue weighted by atomic mass is 35.5. The van der Waals surface area contributed by atoms with E-state index in [2.05, 4.69) is 15.5 Å². The molecule has 3 N–H and O–H groups in total. The van der Waals surface area contributed by atoms with Crippen molar-refractivity contribution in [2.45, 2.75) is 38.5 Å². The van der Waals surface area contributed by atoms with Crippen LogP contribution in [0.5, 0.6) is 0 Å². The zero-order valence-electron chi connectivity index (χ0n) is 13.2. The molecule has 1 aliphatic heterocycles. The first-order valence-electron chi connectivity index (χ1n) is 7.82. The first-order chi connectivity index (χ1) is 10.9. The molecular weight excluding hydrogens is 321 g/mol. The van der Waals surface area contributed by atoms with Gasteiger partial charge in [0.15, 0.2) is 0 Å². The maximum absolute atomic E-state index is 13.1. The molecule has 1 saturated heterocycles. The second-order valence-electron chi connectivity index (χ2n) is 6.01. The summed E-state index contributed by atoms with van der Waals surface area (Å²) < 4.78 is 13.1. The van der Waals surface area contributed by atoms with Crippen molar-refractivity contribution in [2.24, 2.45) is 0 Å². The SMILES string of the molecule is C[C@@H](O)CNC(=O)N[C@H]1CCCN(Cc2ccc(F)cc2Cl)C1. The van der Waals surface area contributed by atoms with Crippen LogP contribution in [0, 0.1) is 5.82 Å². The molecule has 0 aromatic heterocycles. The van der Waals surface area contributed by atoms with Crippen LogP contribution >= 0.6 is 11.6 Å². The molecule has 1 aromatic carbocycles. The maximum atomic E-state index is 13.1. The number of carbonyl (C=O) groups is 1. The summed E-state index contributed by atoms with van der Waals surface area (Å²) in [5.74, 6) is -0.341. The molecule has 0 bridgehead atoms. The molecule has 128 valence electrons. The van der Waals surface area contributed by atoms with Crippen LogP contribution in [0.1, 0.15) is 25.3 Å². The molecule has 5 nitrogen and oxygen atoms in total.